The number of aromatic nitrogens is 4. The van der Waals surface area contributed by atoms with Crippen LogP contribution in [0.1, 0.15) is 27.3 Å². The third kappa shape index (κ3) is 3.88. The molecule has 0 radical (unpaired) electrons. The number of hydrogen-bond acceptors (Lipinski definition) is 5. The fourth-order valence-electron chi connectivity index (χ4n) is 4.37. The molecule has 4 N–H and O–H groups in total. The standard InChI is InChI=1S/C27H20N6O3/c34-26-20(13-19-6-8-21(30-19)27(35)36)23-24(28-15-29-25(23)32-26)31-18-7-9-22-17(12-18)10-11-33(22)14-16-4-2-1-3-5-16/h1-13,15,30H,14H2,(H,35,36)(H2,28,29,31,32,34). The molecule has 9 heteroatoms. The molecule has 176 valence electrons. The number of carbonyl (C=O) groups excluding carboxylic acids is 1. The van der Waals surface area contributed by atoms with Crippen LogP contribution in [0.5, 0.6) is 0 Å². The fourth-order valence-corrected chi connectivity index (χ4v) is 4.37. The van der Waals surface area contributed by atoms with Crippen molar-refractivity contribution in [2.24, 2.45) is 0 Å². The average molecular weight is 476 g/mol. The largest absolute Gasteiger partial charge is 0.477 e. The van der Waals surface area contributed by atoms with Crippen molar-refractivity contribution in [3.05, 3.63) is 102 Å². The number of fused-ring (bicyclic) bond motifs is 2. The average Bonchev–Trinajstić information content (AvgIpc) is 3.58. The van der Waals surface area contributed by atoms with Gasteiger partial charge in [-0.05, 0) is 48.0 Å². The highest BCUT2D eigenvalue weighted by atomic mass is 16.4. The molecule has 0 spiro atoms. The second-order valence-electron chi connectivity index (χ2n) is 8.42. The van der Waals surface area contributed by atoms with Gasteiger partial charge in [-0.1, -0.05) is 30.3 Å². The smallest absolute Gasteiger partial charge is 0.352 e. The van der Waals surface area contributed by atoms with Crippen LogP contribution in [0.15, 0.2) is 79.3 Å². The summed E-state index contributed by atoms with van der Waals surface area (Å²) in [6.07, 6.45) is 5.04. The summed E-state index contributed by atoms with van der Waals surface area (Å²) in [5.41, 5.74) is 4.53. The van der Waals surface area contributed by atoms with Gasteiger partial charge in [-0.2, -0.15) is 0 Å². The summed E-state index contributed by atoms with van der Waals surface area (Å²) in [6, 6.07) is 21.5. The molecule has 5 aromatic rings. The predicted molar refractivity (Wildman–Crippen MR) is 137 cm³/mol. The quantitative estimate of drug-likeness (QED) is 0.262. The van der Waals surface area contributed by atoms with E-state index in [0.29, 0.717) is 28.5 Å². The van der Waals surface area contributed by atoms with Crippen LogP contribution in [0.3, 0.4) is 0 Å². The molecule has 3 aromatic heterocycles. The lowest BCUT2D eigenvalue weighted by molar-refractivity contribution is -0.110. The second kappa shape index (κ2) is 8.55. The molecule has 0 fully saturated rings. The van der Waals surface area contributed by atoms with Crippen molar-refractivity contribution >= 4 is 51.8 Å². The van der Waals surface area contributed by atoms with Crippen molar-refractivity contribution in [2.75, 3.05) is 10.6 Å². The maximum Gasteiger partial charge on any atom is 0.352 e. The van der Waals surface area contributed by atoms with Crippen LogP contribution >= 0.6 is 0 Å². The molecular weight excluding hydrogens is 456 g/mol. The van der Waals surface area contributed by atoms with Gasteiger partial charge in [0.05, 0.1) is 11.1 Å². The summed E-state index contributed by atoms with van der Waals surface area (Å²) in [7, 11) is 0. The number of amides is 1. The van der Waals surface area contributed by atoms with Crippen molar-refractivity contribution in [3.63, 3.8) is 0 Å². The first-order chi connectivity index (χ1) is 17.5. The lowest BCUT2D eigenvalue weighted by Crippen LogP contribution is -2.04. The Hall–Kier alpha value is -5.18. The van der Waals surface area contributed by atoms with Crippen molar-refractivity contribution in [1.82, 2.24) is 19.5 Å². The molecule has 0 saturated carbocycles. The molecule has 0 unspecified atom stereocenters. The van der Waals surface area contributed by atoms with Gasteiger partial charge < -0.3 is 25.3 Å². The van der Waals surface area contributed by atoms with Gasteiger partial charge in [0, 0.05) is 35.0 Å². The Balaban J connectivity index is 1.32. The molecule has 6 rings (SSSR count). The van der Waals surface area contributed by atoms with Crippen LogP contribution in [-0.4, -0.2) is 36.5 Å². The number of carboxylic acids is 1. The SMILES string of the molecule is O=C1Nc2ncnc(Nc3ccc4c(ccn4Cc4ccccc4)c3)c2C1=Cc1ccc(C(=O)O)[nH]1. The van der Waals surface area contributed by atoms with Crippen molar-refractivity contribution in [1.29, 1.82) is 0 Å². The molecule has 36 heavy (non-hydrogen) atoms. The Morgan fingerprint density at radius 3 is 2.72 bits per heavy atom. The number of aromatic carboxylic acids is 1. The lowest BCUT2D eigenvalue weighted by Gasteiger charge is -2.10. The molecule has 0 atom stereocenters. The minimum Gasteiger partial charge on any atom is -0.477 e. The van der Waals surface area contributed by atoms with Crippen LogP contribution in [-0.2, 0) is 11.3 Å². The number of rotatable bonds is 6. The van der Waals surface area contributed by atoms with Gasteiger partial charge in [0.2, 0.25) is 0 Å². The Labute approximate surface area is 205 Å². The van der Waals surface area contributed by atoms with E-state index in [9.17, 15) is 9.59 Å². The zero-order chi connectivity index (χ0) is 24.6. The number of benzene rings is 2. The van der Waals surface area contributed by atoms with E-state index in [1.54, 1.807) is 12.1 Å². The van der Waals surface area contributed by atoms with E-state index in [1.165, 1.54) is 18.0 Å². The number of carbonyl (C=O) groups is 2. The van der Waals surface area contributed by atoms with Crippen molar-refractivity contribution in [3.8, 4) is 0 Å². The first-order valence-electron chi connectivity index (χ1n) is 11.3. The van der Waals surface area contributed by atoms with Gasteiger partial charge in [0.15, 0.2) is 0 Å². The summed E-state index contributed by atoms with van der Waals surface area (Å²) in [5, 5.41) is 16.3. The molecule has 0 aliphatic carbocycles. The van der Waals surface area contributed by atoms with Crippen LogP contribution < -0.4 is 10.6 Å². The highest BCUT2D eigenvalue weighted by Gasteiger charge is 2.29. The van der Waals surface area contributed by atoms with E-state index in [4.69, 9.17) is 5.11 Å². The third-order valence-corrected chi connectivity index (χ3v) is 6.06. The van der Waals surface area contributed by atoms with E-state index in [2.05, 4.69) is 60.6 Å². The first kappa shape index (κ1) is 21.4. The molecule has 1 amide bonds. The summed E-state index contributed by atoms with van der Waals surface area (Å²) in [6.45, 7) is 0.779. The number of anilines is 3. The number of aromatic amines is 1. The highest BCUT2D eigenvalue weighted by Crippen LogP contribution is 2.37. The van der Waals surface area contributed by atoms with Crippen molar-refractivity contribution in [2.45, 2.75) is 6.54 Å². The Morgan fingerprint density at radius 1 is 1.06 bits per heavy atom. The fraction of sp³-hybridized carbons (Fsp3) is 0.0370. The molecule has 4 heterocycles. The van der Waals surface area contributed by atoms with Gasteiger partial charge in [-0.15, -0.1) is 0 Å². The second-order valence-corrected chi connectivity index (χ2v) is 8.42. The number of hydrogen-bond donors (Lipinski definition) is 4. The number of nitrogens with one attached hydrogen (secondary N) is 3. The highest BCUT2D eigenvalue weighted by molar-refractivity contribution is 6.35. The van der Waals surface area contributed by atoms with Gasteiger partial charge in [0.1, 0.15) is 23.7 Å². The zero-order valence-corrected chi connectivity index (χ0v) is 18.9. The van der Waals surface area contributed by atoms with Crippen LogP contribution in [0.25, 0.3) is 22.6 Å². The van der Waals surface area contributed by atoms with Gasteiger partial charge in [-0.3, -0.25) is 4.79 Å². The van der Waals surface area contributed by atoms with Crippen LogP contribution in [0.2, 0.25) is 0 Å². The molecule has 2 aromatic carbocycles. The number of nitrogens with zero attached hydrogens (tertiary/aromatic N) is 3. The molecule has 0 saturated heterocycles. The van der Waals surface area contributed by atoms with E-state index in [1.807, 2.05) is 30.3 Å². The maximum atomic E-state index is 12.7. The lowest BCUT2D eigenvalue weighted by atomic mass is 10.1. The normalized spacial score (nSPS) is 13.7. The van der Waals surface area contributed by atoms with E-state index < -0.39 is 5.97 Å². The summed E-state index contributed by atoms with van der Waals surface area (Å²) in [5.74, 6) is -0.551. The van der Waals surface area contributed by atoms with E-state index in [0.717, 1.165) is 23.1 Å². The molecule has 0 bridgehead atoms. The van der Waals surface area contributed by atoms with Gasteiger partial charge in [-0.25, -0.2) is 14.8 Å². The van der Waals surface area contributed by atoms with Gasteiger partial charge >= 0.3 is 5.97 Å². The van der Waals surface area contributed by atoms with Crippen molar-refractivity contribution < 1.29 is 14.7 Å². The third-order valence-electron chi connectivity index (χ3n) is 6.06. The molecule has 9 nitrogen and oxygen atoms in total. The molecular formula is C27H20N6O3. The minimum absolute atomic E-state index is 0.0376. The molecule has 1 aliphatic rings. The number of H-pyrrole nitrogens is 1. The topological polar surface area (TPSA) is 125 Å². The minimum atomic E-state index is -1.07. The molecule has 1 aliphatic heterocycles. The summed E-state index contributed by atoms with van der Waals surface area (Å²) in [4.78, 5) is 35.3. The first-order valence-corrected chi connectivity index (χ1v) is 11.3. The zero-order valence-electron chi connectivity index (χ0n) is 18.9. The monoisotopic (exact) mass is 476 g/mol. The van der Waals surface area contributed by atoms with E-state index >= 15 is 0 Å². The summed E-state index contributed by atoms with van der Waals surface area (Å²) < 4.78 is 2.20. The van der Waals surface area contributed by atoms with Crippen LogP contribution in [0, 0.1) is 0 Å². The Morgan fingerprint density at radius 2 is 1.92 bits per heavy atom. The summed E-state index contributed by atoms with van der Waals surface area (Å²) >= 11 is 0. The van der Waals surface area contributed by atoms with Crippen LogP contribution in [0.4, 0.5) is 17.3 Å². The number of carboxylic acid groups (broad SMARTS) is 1. The maximum absolute atomic E-state index is 12.7. The van der Waals surface area contributed by atoms with E-state index in [-0.39, 0.29) is 11.6 Å². The van der Waals surface area contributed by atoms with Gasteiger partial charge in [0.25, 0.3) is 5.91 Å². The Bertz CT molecular complexity index is 1670. The Kier molecular flexibility index (Phi) is 5.07. The predicted octanol–water partition coefficient (Wildman–Crippen LogP) is 4.74.